The molecule has 2 N–H and O–H groups in total. The van der Waals surface area contributed by atoms with E-state index in [1.54, 1.807) is 18.2 Å². The van der Waals surface area contributed by atoms with E-state index in [1.807, 2.05) is 0 Å². The fraction of sp³-hybridized carbons (Fsp3) is 0.231. The molecule has 1 aromatic carbocycles. The molecule has 0 atom stereocenters. The number of hydrogen-bond acceptors (Lipinski definition) is 3. The second-order valence-corrected chi connectivity index (χ2v) is 3.99. The maximum atomic E-state index is 11.6. The third-order valence-corrected chi connectivity index (χ3v) is 2.80. The maximum Gasteiger partial charge on any atom is 0.307 e. The summed E-state index contributed by atoms with van der Waals surface area (Å²) in [6.07, 6.45) is -0.192. The normalized spacial score (nSPS) is 10.6. The van der Waals surface area contributed by atoms with Gasteiger partial charge in [0.2, 0.25) is 0 Å². The number of rotatable bonds is 4. The summed E-state index contributed by atoms with van der Waals surface area (Å²) in [4.78, 5) is 25.4. The van der Waals surface area contributed by atoms with Crippen molar-refractivity contribution in [1.29, 1.82) is 0 Å². The number of aromatic nitrogens is 1. The fourth-order valence-corrected chi connectivity index (χ4v) is 2.05. The van der Waals surface area contributed by atoms with Gasteiger partial charge in [0, 0.05) is 12.3 Å². The summed E-state index contributed by atoms with van der Waals surface area (Å²) in [5.41, 5.74) is 1.49. The van der Waals surface area contributed by atoms with E-state index in [4.69, 9.17) is 9.84 Å². The number of aliphatic carboxylic acids is 1. The Morgan fingerprint density at radius 1 is 1.39 bits per heavy atom. The van der Waals surface area contributed by atoms with Gasteiger partial charge in [0.1, 0.15) is 5.75 Å². The number of ether oxygens (including phenoxy) is 1. The SMILES string of the molecule is COc1cccc2c(CC(=O)O)c(C(C)=O)[nH]c12. The number of carbonyl (C=O) groups excluding carboxylic acids is 1. The Labute approximate surface area is 103 Å². The van der Waals surface area contributed by atoms with Gasteiger partial charge in [-0.25, -0.2) is 0 Å². The molecule has 0 unspecified atom stereocenters. The zero-order valence-corrected chi connectivity index (χ0v) is 10.1. The van der Waals surface area contributed by atoms with Crippen molar-refractivity contribution >= 4 is 22.7 Å². The summed E-state index contributed by atoms with van der Waals surface area (Å²) in [7, 11) is 1.53. The quantitative estimate of drug-likeness (QED) is 0.810. The highest BCUT2D eigenvalue weighted by molar-refractivity contribution is 6.03. The third kappa shape index (κ3) is 1.95. The lowest BCUT2D eigenvalue weighted by molar-refractivity contribution is -0.136. The molecule has 0 amide bonds. The van der Waals surface area contributed by atoms with E-state index >= 15 is 0 Å². The van der Waals surface area contributed by atoms with Gasteiger partial charge >= 0.3 is 5.97 Å². The number of aromatic amines is 1. The second-order valence-electron chi connectivity index (χ2n) is 3.99. The van der Waals surface area contributed by atoms with Crippen LogP contribution in [0.5, 0.6) is 5.75 Å². The molecule has 0 aliphatic rings. The molecule has 94 valence electrons. The van der Waals surface area contributed by atoms with Gasteiger partial charge in [-0.2, -0.15) is 0 Å². The van der Waals surface area contributed by atoms with Crippen molar-refractivity contribution in [1.82, 2.24) is 4.98 Å². The minimum atomic E-state index is -0.971. The number of Topliss-reactive ketones (excluding diaryl/α,β-unsaturated/α-hetero) is 1. The van der Waals surface area contributed by atoms with Crippen LogP contribution in [-0.4, -0.2) is 29.0 Å². The number of H-pyrrole nitrogens is 1. The van der Waals surface area contributed by atoms with Gasteiger partial charge in [-0.1, -0.05) is 12.1 Å². The van der Waals surface area contributed by atoms with Crippen LogP contribution in [0.15, 0.2) is 18.2 Å². The van der Waals surface area contributed by atoms with Crippen molar-refractivity contribution in [2.24, 2.45) is 0 Å². The lowest BCUT2D eigenvalue weighted by Crippen LogP contribution is -2.05. The summed E-state index contributed by atoms with van der Waals surface area (Å²) in [6.45, 7) is 1.41. The van der Waals surface area contributed by atoms with Gasteiger partial charge in [0.15, 0.2) is 5.78 Å². The average Bonchev–Trinajstić information content (AvgIpc) is 2.67. The number of hydrogen-bond donors (Lipinski definition) is 2. The molecule has 2 aromatic rings. The predicted octanol–water partition coefficient (Wildman–Crippen LogP) is 2.01. The van der Waals surface area contributed by atoms with Crippen LogP contribution < -0.4 is 4.74 Å². The van der Waals surface area contributed by atoms with Gasteiger partial charge in [-0.15, -0.1) is 0 Å². The number of ketones is 1. The minimum Gasteiger partial charge on any atom is -0.495 e. The van der Waals surface area contributed by atoms with Crippen molar-refractivity contribution in [2.45, 2.75) is 13.3 Å². The molecule has 0 radical (unpaired) electrons. The van der Waals surface area contributed by atoms with Crippen LogP contribution in [0, 0.1) is 0 Å². The van der Waals surface area contributed by atoms with Crippen molar-refractivity contribution in [3.05, 3.63) is 29.5 Å². The van der Waals surface area contributed by atoms with Crippen LogP contribution in [0.25, 0.3) is 10.9 Å². The monoisotopic (exact) mass is 247 g/mol. The van der Waals surface area contributed by atoms with Crippen LogP contribution in [0.3, 0.4) is 0 Å². The molecular formula is C13H13NO4. The molecule has 0 saturated heterocycles. The van der Waals surface area contributed by atoms with Gasteiger partial charge in [-0.3, -0.25) is 9.59 Å². The van der Waals surface area contributed by atoms with Gasteiger partial charge in [-0.05, 0) is 11.6 Å². The second kappa shape index (κ2) is 4.52. The van der Waals surface area contributed by atoms with Crippen LogP contribution >= 0.6 is 0 Å². The molecule has 0 saturated carbocycles. The third-order valence-electron chi connectivity index (χ3n) is 2.80. The number of carboxylic acids is 1. The molecule has 1 heterocycles. The Kier molecular flexibility index (Phi) is 3.06. The number of nitrogens with one attached hydrogen (secondary N) is 1. The van der Waals surface area contributed by atoms with Crippen LogP contribution in [0.2, 0.25) is 0 Å². The molecule has 0 fully saturated rings. The first kappa shape index (κ1) is 12.2. The Hall–Kier alpha value is -2.30. The predicted molar refractivity (Wildman–Crippen MR) is 66.2 cm³/mol. The van der Waals surface area contributed by atoms with E-state index < -0.39 is 5.97 Å². The molecule has 0 spiro atoms. The van der Waals surface area contributed by atoms with E-state index in [0.29, 0.717) is 27.9 Å². The Balaban J connectivity index is 2.75. The van der Waals surface area contributed by atoms with E-state index in [-0.39, 0.29) is 12.2 Å². The first-order chi connectivity index (χ1) is 8.54. The van der Waals surface area contributed by atoms with Crippen molar-refractivity contribution in [3.63, 3.8) is 0 Å². The lowest BCUT2D eigenvalue weighted by Gasteiger charge is -2.01. The smallest absolute Gasteiger partial charge is 0.307 e. The molecular weight excluding hydrogens is 234 g/mol. The molecule has 0 bridgehead atoms. The largest absolute Gasteiger partial charge is 0.495 e. The highest BCUT2D eigenvalue weighted by atomic mass is 16.5. The van der Waals surface area contributed by atoms with Crippen molar-refractivity contribution in [3.8, 4) is 5.75 Å². The van der Waals surface area contributed by atoms with Crippen LogP contribution in [0.4, 0.5) is 0 Å². The molecule has 5 heteroatoms. The molecule has 0 aliphatic heterocycles. The van der Waals surface area contributed by atoms with Gasteiger partial charge in [0.25, 0.3) is 0 Å². The van der Waals surface area contributed by atoms with Gasteiger partial charge < -0.3 is 14.8 Å². The number of carbonyl (C=O) groups is 2. The first-order valence-electron chi connectivity index (χ1n) is 5.45. The first-order valence-corrected chi connectivity index (χ1v) is 5.45. The number of para-hydroxylation sites is 1. The molecule has 2 rings (SSSR count). The van der Waals surface area contributed by atoms with E-state index in [1.165, 1.54) is 14.0 Å². The summed E-state index contributed by atoms with van der Waals surface area (Å²) >= 11 is 0. The standard InChI is InChI=1S/C13H13NO4/c1-7(15)12-9(6-11(16)17)8-4-3-5-10(18-2)13(8)14-12/h3-5,14H,6H2,1-2H3,(H,16,17). The Bertz CT molecular complexity index is 627. The highest BCUT2D eigenvalue weighted by Crippen LogP contribution is 2.30. The molecule has 18 heavy (non-hydrogen) atoms. The van der Waals surface area contributed by atoms with E-state index in [0.717, 1.165) is 0 Å². The fourth-order valence-electron chi connectivity index (χ4n) is 2.05. The summed E-state index contributed by atoms with van der Waals surface area (Å²) in [5.74, 6) is -0.572. The Morgan fingerprint density at radius 2 is 2.11 bits per heavy atom. The number of benzene rings is 1. The Morgan fingerprint density at radius 3 is 2.67 bits per heavy atom. The van der Waals surface area contributed by atoms with E-state index in [9.17, 15) is 9.59 Å². The van der Waals surface area contributed by atoms with Crippen molar-refractivity contribution < 1.29 is 19.4 Å². The van der Waals surface area contributed by atoms with Crippen LogP contribution in [-0.2, 0) is 11.2 Å². The van der Waals surface area contributed by atoms with E-state index in [2.05, 4.69) is 4.98 Å². The number of carboxylic acid groups (broad SMARTS) is 1. The summed E-state index contributed by atoms with van der Waals surface area (Å²) in [5, 5.41) is 9.63. The van der Waals surface area contributed by atoms with Crippen LogP contribution in [0.1, 0.15) is 23.0 Å². The number of methoxy groups -OCH3 is 1. The maximum absolute atomic E-state index is 11.6. The minimum absolute atomic E-state index is 0.190. The zero-order chi connectivity index (χ0) is 13.3. The molecule has 1 aromatic heterocycles. The summed E-state index contributed by atoms with van der Waals surface area (Å²) < 4.78 is 5.19. The average molecular weight is 247 g/mol. The lowest BCUT2D eigenvalue weighted by atomic mass is 10.1. The summed E-state index contributed by atoms with van der Waals surface area (Å²) in [6, 6.07) is 5.30. The zero-order valence-electron chi connectivity index (χ0n) is 10.1. The molecule has 0 aliphatic carbocycles. The topological polar surface area (TPSA) is 79.4 Å². The van der Waals surface area contributed by atoms with Crippen molar-refractivity contribution in [2.75, 3.05) is 7.11 Å². The number of fused-ring (bicyclic) bond motifs is 1. The van der Waals surface area contributed by atoms with Gasteiger partial charge in [0.05, 0.1) is 24.7 Å². The molecule has 5 nitrogen and oxygen atoms in total. The highest BCUT2D eigenvalue weighted by Gasteiger charge is 2.18.